The highest BCUT2D eigenvalue weighted by atomic mass is 32.1. The van der Waals surface area contributed by atoms with Crippen molar-refractivity contribution in [2.24, 2.45) is 0 Å². The molecule has 1 heterocycles. The van der Waals surface area contributed by atoms with Gasteiger partial charge in [0.1, 0.15) is 0 Å². The highest BCUT2D eigenvalue weighted by molar-refractivity contribution is 7.80. The molecule has 134 valence electrons. The first kappa shape index (κ1) is 18.1. The van der Waals surface area contributed by atoms with E-state index in [2.05, 4.69) is 21.6 Å². The highest BCUT2D eigenvalue weighted by Crippen LogP contribution is 2.28. The molecule has 1 aliphatic heterocycles. The van der Waals surface area contributed by atoms with Crippen LogP contribution >= 0.6 is 12.2 Å². The molecule has 2 N–H and O–H groups in total. The summed E-state index contributed by atoms with van der Waals surface area (Å²) in [6.07, 6.45) is 6.95. The molecule has 3 rings (SSSR count). The molecule has 1 amide bonds. The molecule has 0 radical (unpaired) electrons. The first-order valence-corrected chi connectivity index (χ1v) is 9.32. The predicted molar refractivity (Wildman–Crippen MR) is 112 cm³/mol. The van der Waals surface area contributed by atoms with Gasteiger partial charge in [0.05, 0.1) is 11.4 Å². The third kappa shape index (κ3) is 5.17. The van der Waals surface area contributed by atoms with Gasteiger partial charge in [0.2, 0.25) is 5.91 Å². The Hall–Kier alpha value is -2.66. The molecule has 1 aliphatic rings. The van der Waals surface area contributed by atoms with E-state index in [1.165, 1.54) is 25.3 Å². The first-order chi connectivity index (χ1) is 12.7. The summed E-state index contributed by atoms with van der Waals surface area (Å²) >= 11 is 5.31. The lowest BCUT2D eigenvalue weighted by atomic mass is 10.1. The maximum Gasteiger partial charge on any atom is 0.250 e. The van der Waals surface area contributed by atoms with Crippen molar-refractivity contribution in [3.63, 3.8) is 0 Å². The van der Waals surface area contributed by atoms with E-state index in [4.69, 9.17) is 12.2 Å². The van der Waals surface area contributed by atoms with Gasteiger partial charge in [0, 0.05) is 19.2 Å². The molecule has 2 aromatic rings. The van der Waals surface area contributed by atoms with Crippen LogP contribution in [0.1, 0.15) is 24.8 Å². The second kappa shape index (κ2) is 9.15. The monoisotopic (exact) mass is 365 g/mol. The number of nitrogens with one attached hydrogen (secondary N) is 2. The SMILES string of the molecule is O=C(/C=C/c1ccccc1)NC(=S)Nc1ccccc1N1CCCCC1. The molecule has 1 fully saturated rings. The molecule has 2 aromatic carbocycles. The number of thiocarbonyl (C=S) groups is 1. The molecular formula is C21H23N3OS. The van der Waals surface area contributed by atoms with Gasteiger partial charge in [-0.25, -0.2) is 0 Å². The van der Waals surface area contributed by atoms with Gasteiger partial charge in [0.15, 0.2) is 5.11 Å². The third-order valence-electron chi connectivity index (χ3n) is 4.31. The van der Waals surface area contributed by atoms with Gasteiger partial charge in [-0.15, -0.1) is 0 Å². The van der Waals surface area contributed by atoms with Crippen LogP contribution in [0.5, 0.6) is 0 Å². The normalized spacial score (nSPS) is 14.2. The number of para-hydroxylation sites is 2. The van der Waals surface area contributed by atoms with E-state index in [9.17, 15) is 4.79 Å². The van der Waals surface area contributed by atoms with Gasteiger partial charge in [-0.1, -0.05) is 42.5 Å². The fourth-order valence-corrected chi connectivity index (χ4v) is 3.24. The van der Waals surface area contributed by atoms with Gasteiger partial charge < -0.3 is 10.2 Å². The Bertz CT molecular complexity index is 783. The minimum atomic E-state index is -0.248. The maximum absolute atomic E-state index is 12.1. The van der Waals surface area contributed by atoms with E-state index < -0.39 is 0 Å². The zero-order chi connectivity index (χ0) is 18.2. The quantitative estimate of drug-likeness (QED) is 0.629. The Morgan fingerprint density at radius 2 is 1.65 bits per heavy atom. The van der Waals surface area contributed by atoms with Crippen molar-refractivity contribution in [2.45, 2.75) is 19.3 Å². The summed E-state index contributed by atoms with van der Waals surface area (Å²) in [5.41, 5.74) is 3.02. The van der Waals surface area contributed by atoms with Crippen molar-refractivity contribution >= 4 is 40.7 Å². The van der Waals surface area contributed by atoms with E-state index in [1.54, 1.807) is 6.08 Å². The van der Waals surface area contributed by atoms with E-state index in [0.29, 0.717) is 5.11 Å². The Morgan fingerprint density at radius 1 is 0.962 bits per heavy atom. The number of nitrogens with zero attached hydrogens (tertiary/aromatic N) is 1. The Labute approximate surface area is 159 Å². The van der Waals surface area contributed by atoms with Crippen LogP contribution in [0, 0.1) is 0 Å². The molecule has 5 heteroatoms. The topological polar surface area (TPSA) is 44.4 Å². The smallest absolute Gasteiger partial charge is 0.250 e. The lowest BCUT2D eigenvalue weighted by Crippen LogP contribution is -2.34. The molecule has 0 spiro atoms. The summed E-state index contributed by atoms with van der Waals surface area (Å²) < 4.78 is 0. The maximum atomic E-state index is 12.1. The summed E-state index contributed by atoms with van der Waals surface area (Å²) in [6, 6.07) is 17.8. The zero-order valence-corrected chi connectivity index (χ0v) is 15.5. The molecule has 0 bridgehead atoms. The number of anilines is 2. The van der Waals surface area contributed by atoms with Crippen molar-refractivity contribution in [1.29, 1.82) is 0 Å². The number of benzene rings is 2. The Balaban J connectivity index is 1.59. The summed E-state index contributed by atoms with van der Waals surface area (Å²) in [5, 5.41) is 6.17. The number of piperidine rings is 1. The van der Waals surface area contributed by atoms with Crippen molar-refractivity contribution in [2.75, 3.05) is 23.3 Å². The van der Waals surface area contributed by atoms with Crippen LogP contribution in [0.4, 0.5) is 11.4 Å². The van der Waals surface area contributed by atoms with Gasteiger partial charge in [-0.05, 0) is 55.3 Å². The Morgan fingerprint density at radius 3 is 2.42 bits per heavy atom. The molecule has 0 atom stereocenters. The van der Waals surface area contributed by atoms with Crippen molar-refractivity contribution in [3.05, 3.63) is 66.2 Å². The van der Waals surface area contributed by atoms with Crippen LogP contribution in [-0.4, -0.2) is 24.1 Å². The number of rotatable bonds is 4. The average molecular weight is 366 g/mol. The van der Waals surface area contributed by atoms with E-state index >= 15 is 0 Å². The second-order valence-electron chi connectivity index (χ2n) is 6.25. The van der Waals surface area contributed by atoms with Crippen LogP contribution in [0.25, 0.3) is 6.08 Å². The molecule has 26 heavy (non-hydrogen) atoms. The number of carbonyl (C=O) groups excluding carboxylic acids is 1. The summed E-state index contributed by atoms with van der Waals surface area (Å²) in [6.45, 7) is 2.11. The molecular weight excluding hydrogens is 342 g/mol. The molecule has 0 aromatic heterocycles. The van der Waals surface area contributed by atoms with Crippen LogP contribution < -0.4 is 15.5 Å². The third-order valence-corrected chi connectivity index (χ3v) is 4.52. The summed E-state index contributed by atoms with van der Waals surface area (Å²) in [7, 11) is 0. The molecule has 4 nitrogen and oxygen atoms in total. The largest absolute Gasteiger partial charge is 0.370 e. The molecule has 0 aliphatic carbocycles. The van der Waals surface area contributed by atoms with Gasteiger partial charge in [0.25, 0.3) is 0 Å². The summed E-state index contributed by atoms with van der Waals surface area (Å²) in [4.78, 5) is 14.4. The van der Waals surface area contributed by atoms with Crippen LogP contribution in [0.15, 0.2) is 60.7 Å². The van der Waals surface area contributed by atoms with Crippen LogP contribution in [-0.2, 0) is 4.79 Å². The van der Waals surface area contributed by atoms with E-state index in [0.717, 1.165) is 30.0 Å². The van der Waals surface area contributed by atoms with Gasteiger partial charge in [-0.2, -0.15) is 0 Å². The molecule has 1 saturated heterocycles. The zero-order valence-electron chi connectivity index (χ0n) is 14.7. The Kier molecular flexibility index (Phi) is 6.39. The van der Waals surface area contributed by atoms with E-state index in [1.807, 2.05) is 48.5 Å². The fraction of sp³-hybridized carbons (Fsp3) is 0.238. The number of amides is 1. The van der Waals surface area contributed by atoms with Crippen LogP contribution in [0.2, 0.25) is 0 Å². The number of hydrogen-bond donors (Lipinski definition) is 2. The standard InChI is InChI=1S/C21H23N3OS/c25-20(14-13-17-9-3-1-4-10-17)23-21(26)22-18-11-5-6-12-19(18)24-15-7-2-8-16-24/h1,3-6,9-14H,2,7-8,15-16H2,(H2,22,23,25,26)/b14-13+. The average Bonchev–Trinajstić information content (AvgIpc) is 2.68. The van der Waals surface area contributed by atoms with E-state index in [-0.39, 0.29) is 5.91 Å². The minimum Gasteiger partial charge on any atom is -0.370 e. The number of carbonyl (C=O) groups is 1. The second-order valence-corrected chi connectivity index (χ2v) is 6.66. The first-order valence-electron chi connectivity index (χ1n) is 8.91. The van der Waals surface area contributed by atoms with Crippen molar-refractivity contribution in [3.8, 4) is 0 Å². The highest BCUT2D eigenvalue weighted by Gasteiger charge is 2.14. The molecule has 0 saturated carbocycles. The van der Waals surface area contributed by atoms with Crippen molar-refractivity contribution in [1.82, 2.24) is 5.32 Å². The van der Waals surface area contributed by atoms with Gasteiger partial charge in [-0.3, -0.25) is 10.1 Å². The van der Waals surface area contributed by atoms with Crippen LogP contribution in [0.3, 0.4) is 0 Å². The lowest BCUT2D eigenvalue weighted by molar-refractivity contribution is -0.115. The van der Waals surface area contributed by atoms with Crippen molar-refractivity contribution < 1.29 is 4.79 Å². The minimum absolute atomic E-state index is 0.248. The number of hydrogen-bond acceptors (Lipinski definition) is 3. The molecule has 0 unspecified atom stereocenters. The fourth-order valence-electron chi connectivity index (χ4n) is 3.03. The predicted octanol–water partition coefficient (Wildman–Crippen LogP) is 4.20. The lowest BCUT2D eigenvalue weighted by Gasteiger charge is -2.30. The summed E-state index contributed by atoms with van der Waals surface area (Å²) in [5.74, 6) is -0.248. The van der Waals surface area contributed by atoms with Gasteiger partial charge >= 0.3 is 0 Å².